The fourth-order valence-corrected chi connectivity index (χ4v) is 3.62. The van der Waals surface area contributed by atoms with Crippen molar-refractivity contribution >= 4 is 11.9 Å². The highest BCUT2D eigenvalue weighted by Gasteiger charge is 2.47. The summed E-state index contributed by atoms with van der Waals surface area (Å²) in [7, 11) is 0. The maximum absolute atomic E-state index is 12.7. The summed E-state index contributed by atoms with van der Waals surface area (Å²) in [6.45, 7) is 3.08. The summed E-state index contributed by atoms with van der Waals surface area (Å²) in [5.41, 5.74) is 1.26. The molecule has 8 nitrogen and oxygen atoms in total. The van der Waals surface area contributed by atoms with E-state index in [1.54, 1.807) is 21.8 Å². The Hall–Kier alpha value is -2.64. The van der Waals surface area contributed by atoms with Gasteiger partial charge in [-0.2, -0.15) is 5.10 Å². The molecule has 4 rings (SSSR count). The molecule has 2 aromatic heterocycles. The predicted octanol–water partition coefficient (Wildman–Crippen LogP) is 1.41. The minimum Gasteiger partial charge on any atom is -0.481 e. The van der Waals surface area contributed by atoms with Gasteiger partial charge in [0.2, 0.25) is 0 Å². The van der Waals surface area contributed by atoms with Crippen LogP contribution in [0.25, 0.3) is 0 Å². The van der Waals surface area contributed by atoms with Crippen molar-refractivity contribution in [1.29, 1.82) is 0 Å². The number of aromatic nitrogens is 3. The smallest absolute Gasteiger partial charge is 0.308 e. The van der Waals surface area contributed by atoms with Gasteiger partial charge < -0.3 is 14.5 Å². The van der Waals surface area contributed by atoms with Crippen LogP contribution in [-0.4, -0.2) is 49.9 Å². The number of aryl methyl sites for hydroxylation is 1. The number of amides is 1. The van der Waals surface area contributed by atoms with Crippen molar-refractivity contribution in [2.45, 2.75) is 26.3 Å². The second-order valence-corrected chi connectivity index (χ2v) is 7.05. The van der Waals surface area contributed by atoms with E-state index >= 15 is 0 Å². The van der Waals surface area contributed by atoms with E-state index in [1.807, 2.05) is 13.1 Å². The van der Waals surface area contributed by atoms with E-state index in [1.165, 1.54) is 0 Å². The van der Waals surface area contributed by atoms with Crippen molar-refractivity contribution in [3.8, 4) is 0 Å². The summed E-state index contributed by atoms with van der Waals surface area (Å²) in [6.07, 6.45) is 5.75. The minimum absolute atomic E-state index is 0.0554. The highest BCUT2D eigenvalue weighted by atomic mass is 16.5. The van der Waals surface area contributed by atoms with E-state index in [2.05, 4.69) is 10.3 Å². The van der Waals surface area contributed by atoms with Crippen molar-refractivity contribution in [1.82, 2.24) is 19.8 Å². The number of hydrogen-bond donors (Lipinski definition) is 1. The van der Waals surface area contributed by atoms with E-state index < -0.39 is 11.9 Å². The van der Waals surface area contributed by atoms with Crippen LogP contribution < -0.4 is 0 Å². The molecular weight excluding hydrogens is 324 g/mol. The molecule has 0 bridgehead atoms. The van der Waals surface area contributed by atoms with Gasteiger partial charge in [0, 0.05) is 25.4 Å². The SMILES string of the molecule is Cc1cnn(Cc2cc(C(=O)N3C[C@H](C(=O)O)[C@@H](C4CC4)C3)no2)c1. The number of rotatable bonds is 5. The van der Waals surface area contributed by atoms with Gasteiger partial charge in [-0.15, -0.1) is 0 Å². The van der Waals surface area contributed by atoms with Crippen molar-refractivity contribution in [3.05, 3.63) is 35.5 Å². The molecule has 1 N–H and O–H groups in total. The Morgan fingerprint density at radius 1 is 1.36 bits per heavy atom. The van der Waals surface area contributed by atoms with Crippen LogP contribution >= 0.6 is 0 Å². The van der Waals surface area contributed by atoms with E-state index in [0.29, 0.717) is 24.8 Å². The summed E-state index contributed by atoms with van der Waals surface area (Å²) >= 11 is 0. The second kappa shape index (κ2) is 6.02. The third-order valence-electron chi connectivity index (χ3n) is 5.06. The minimum atomic E-state index is -0.818. The Morgan fingerprint density at radius 3 is 2.80 bits per heavy atom. The summed E-state index contributed by atoms with van der Waals surface area (Å²) in [5, 5.41) is 17.5. The fraction of sp³-hybridized carbons (Fsp3) is 0.529. The molecule has 2 atom stereocenters. The molecular formula is C17H20N4O4. The largest absolute Gasteiger partial charge is 0.481 e. The lowest BCUT2D eigenvalue weighted by molar-refractivity contribution is -0.142. The molecule has 0 aromatic carbocycles. The van der Waals surface area contributed by atoms with Gasteiger partial charge in [0.25, 0.3) is 5.91 Å². The average Bonchev–Trinajstić information content (AvgIpc) is 2.98. The summed E-state index contributed by atoms with van der Waals surface area (Å²) in [5.74, 6) is -0.521. The molecule has 1 amide bonds. The number of nitrogens with zero attached hydrogens (tertiary/aromatic N) is 4. The Kier molecular flexibility index (Phi) is 3.82. The molecule has 132 valence electrons. The van der Waals surface area contributed by atoms with Crippen LogP contribution in [0.4, 0.5) is 0 Å². The lowest BCUT2D eigenvalue weighted by Crippen LogP contribution is -2.30. The number of aliphatic carboxylic acids is 1. The van der Waals surface area contributed by atoms with Crippen molar-refractivity contribution in [2.75, 3.05) is 13.1 Å². The summed E-state index contributed by atoms with van der Waals surface area (Å²) in [4.78, 5) is 25.7. The van der Waals surface area contributed by atoms with Gasteiger partial charge in [-0.1, -0.05) is 5.16 Å². The fourth-order valence-electron chi connectivity index (χ4n) is 3.62. The van der Waals surface area contributed by atoms with Crippen LogP contribution in [0.15, 0.2) is 23.0 Å². The molecule has 1 saturated carbocycles. The van der Waals surface area contributed by atoms with Gasteiger partial charge in [-0.05, 0) is 37.2 Å². The highest BCUT2D eigenvalue weighted by molar-refractivity contribution is 5.93. The van der Waals surface area contributed by atoms with Crippen LogP contribution in [0.2, 0.25) is 0 Å². The monoisotopic (exact) mass is 344 g/mol. The number of carboxylic acid groups (broad SMARTS) is 1. The van der Waals surface area contributed by atoms with Gasteiger partial charge >= 0.3 is 5.97 Å². The van der Waals surface area contributed by atoms with Crippen LogP contribution in [-0.2, 0) is 11.3 Å². The molecule has 0 radical (unpaired) electrons. The number of likely N-dealkylation sites (tertiary alicyclic amines) is 1. The lowest BCUT2D eigenvalue weighted by Gasteiger charge is -2.14. The molecule has 0 unspecified atom stereocenters. The molecule has 3 heterocycles. The highest BCUT2D eigenvalue weighted by Crippen LogP contribution is 2.44. The standard InChI is InChI=1S/C17H20N4O4/c1-10-5-18-21(6-10)7-12-4-15(19-25-12)16(22)20-8-13(11-2-3-11)14(9-20)17(23)24/h4-6,11,13-14H,2-3,7-9H2,1H3,(H,23,24)/t13-,14+/m1/s1. The first-order valence-electron chi connectivity index (χ1n) is 8.48. The Balaban J connectivity index is 1.45. The first-order valence-corrected chi connectivity index (χ1v) is 8.48. The maximum atomic E-state index is 12.7. The van der Waals surface area contributed by atoms with Gasteiger partial charge in [0.15, 0.2) is 11.5 Å². The van der Waals surface area contributed by atoms with Gasteiger partial charge in [-0.25, -0.2) is 0 Å². The normalized spacial score (nSPS) is 23.2. The molecule has 0 spiro atoms. The maximum Gasteiger partial charge on any atom is 0.308 e. The van der Waals surface area contributed by atoms with Crippen LogP contribution in [0.1, 0.15) is 34.7 Å². The molecule has 25 heavy (non-hydrogen) atoms. The number of carbonyl (C=O) groups excluding carboxylic acids is 1. The van der Waals surface area contributed by atoms with Crippen molar-refractivity contribution in [3.63, 3.8) is 0 Å². The number of carbonyl (C=O) groups is 2. The van der Waals surface area contributed by atoms with Crippen LogP contribution in [0.5, 0.6) is 0 Å². The Labute approximate surface area is 144 Å². The van der Waals surface area contributed by atoms with Gasteiger partial charge in [-0.3, -0.25) is 14.3 Å². The molecule has 2 aliphatic rings. The summed E-state index contributed by atoms with van der Waals surface area (Å²) in [6, 6.07) is 1.61. The Morgan fingerprint density at radius 2 is 2.16 bits per heavy atom. The predicted molar refractivity (Wildman–Crippen MR) is 85.8 cm³/mol. The molecule has 1 aliphatic carbocycles. The zero-order valence-corrected chi connectivity index (χ0v) is 14.0. The Bertz CT molecular complexity index is 807. The lowest BCUT2D eigenvalue weighted by atomic mass is 9.92. The van der Waals surface area contributed by atoms with Crippen LogP contribution in [0.3, 0.4) is 0 Å². The summed E-state index contributed by atoms with van der Waals surface area (Å²) < 4.78 is 6.96. The van der Waals surface area contributed by atoms with Gasteiger partial charge in [0.1, 0.15) is 6.54 Å². The van der Waals surface area contributed by atoms with E-state index in [-0.39, 0.29) is 24.1 Å². The van der Waals surface area contributed by atoms with Crippen molar-refractivity contribution in [2.24, 2.45) is 17.8 Å². The van der Waals surface area contributed by atoms with E-state index in [4.69, 9.17) is 4.52 Å². The quantitative estimate of drug-likeness (QED) is 0.880. The molecule has 2 fully saturated rings. The van der Waals surface area contributed by atoms with E-state index in [9.17, 15) is 14.7 Å². The topological polar surface area (TPSA) is 101 Å². The zero-order valence-electron chi connectivity index (χ0n) is 14.0. The van der Waals surface area contributed by atoms with E-state index in [0.717, 1.165) is 18.4 Å². The van der Waals surface area contributed by atoms with Gasteiger partial charge in [0.05, 0.1) is 12.1 Å². The molecule has 2 aromatic rings. The number of hydrogen-bond acceptors (Lipinski definition) is 5. The van der Waals surface area contributed by atoms with Crippen molar-refractivity contribution < 1.29 is 19.2 Å². The number of carboxylic acids is 1. The second-order valence-electron chi connectivity index (χ2n) is 7.05. The molecule has 8 heteroatoms. The first-order chi connectivity index (χ1) is 12.0. The average molecular weight is 344 g/mol. The van der Waals surface area contributed by atoms with Crippen LogP contribution in [0, 0.1) is 24.7 Å². The third-order valence-corrected chi connectivity index (χ3v) is 5.06. The first kappa shape index (κ1) is 15.9. The molecule has 1 aliphatic heterocycles. The third kappa shape index (κ3) is 3.16. The zero-order chi connectivity index (χ0) is 17.6. The molecule has 1 saturated heterocycles.